The van der Waals surface area contributed by atoms with Crippen molar-refractivity contribution in [2.45, 2.75) is 52.1 Å². The van der Waals surface area contributed by atoms with Gasteiger partial charge in [-0.3, -0.25) is 4.79 Å². The van der Waals surface area contributed by atoms with Crippen LogP contribution in [0.15, 0.2) is 0 Å². The molecule has 1 N–H and O–H groups in total. The normalized spacial score (nSPS) is 28.1. The van der Waals surface area contributed by atoms with Gasteiger partial charge in [-0.05, 0) is 24.7 Å². The molecule has 104 valence electrons. The van der Waals surface area contributed by atoms with Crippen molar-refractivity contribution in [2.24, 2.45) is 5.41 Å². The maximum absolute atomic E-state index is 12.3. The Kier molecular flexibility index (Phi) is 4.28. The molecule has 1 amide bonds. The van der Waals surface area contributed by atoms with Crippen LogP contribution in [0.5, 0.6) is 0 Å². The Morgan fingerprint density at radius 3 is 2.72 bits per heavy atom. The van der Waals surface area contributed by atoms with E-state index in [4.69, 9.17) is 4.74 Å². The Morgan fingerprint density at radius 1 is 1.44 bits per heavy atom. The first-order valence-electron chi connectivity index (χ1n) is 7.13. The van der Waals surface area contributed by atoms with Crippen LogP contribution in [0.3, 0.4) is 0 Å². The summed E-state index contributed by atoms with van der Waals surface area (Å²) in [6.45, 7) is 9.95. The molecule has 0 radical (unpaired) electrons. The molecule has 0 aromatic heterocycles. The van der Waals surface area contributed by atoms with Crippen LogP contribution in [-0.4, -0.2) is 49.2 Å². The molecule has 2 rings (SSSR count). The van der Waals surface area contributed by atoms with E-state index in [0.29, 0.717) is 6.04 Å². The lowest BCUT2D eigenvalue weighted by Crippen LogP contribution is -2.45. The largest absolute Gasteiger partial charge is 0.381 e. The number of ether oxygens (including phenoxy) is 1. The molecule has 2 heterocycles. The molecule has 0 aromatic carbocycles. The Morgan fingerprint density at radius 2 is 2.11 bits per heavy atom. The molecule has 2 fully saturated rings. The number of amides is 1. The first-order valence-corrected chi connectivity index (χ1v) is 7.13. The van der Waals surface area contributed by atoms with Crippen molar-refractivity contribution in [3.05, 3.63) is 0 Å². The number of carbonyl (C=O) groups is 1. The van der Waals surface area contributed by atoms with E-state index >= 15 is 0 Å². The number of nitrogens with zero attached hydrogens (tertiary/aromatic N) is 1. The molecule has 0 aromatic rings. The van der Waals surface area contributed by atoms with Gasteiger partial charge >= 0.3 is 0 Å². The molecule has 4 heteroatoms. The predicted molar refractivity (Wildman–Crippen MR) is 71.4 cm³/mol. The van der Waals surface area contributed by atoms with Crippen LogP contribution >= 0.6 is 0 Å². The van der Waals surface area contributed by atoms with Crippen LogP contribution in [0, 0.1) is 5.41 Å². The number of hydrogen-bond acceptors (Lipinski definition) is 3. The van der Waals surface area contributed by atoms with Gasteiger partial charge in [-0.15, -0.1) is 0 Å². The zero-order valence-electron chi connectivity index (χ0n) is 11.9. The average Bonchev–Trinajstić information content (AvgIpc) is 2.61. The summed E-state index contributed by atoms with van der Waals surface area (Å²) in [5, 5.41) is 3.36. The van der Waals surface area contributed by atoms with Gasteiger partial charge < -0.3 is 15.0 Å². The number of nitrogens with one attached hydrogen (secondary N) is 1. The highest BCUT2D eigenvalue weighted by molar-refractivity contribution is 5.84. The van der Waals surface area contributed by atoms with Gasteiger partial charge in [0.05, 0.1) is 6.04 Å². The third kappa shape index (κ3) is 3.23. The van der Waals surface area contributed by atoms with Crippen LogP contribution < -0.4 is 5.32 Å². The monoisotopic (exact) mass is 254 g/mol. The SMILES string of the molecule is CC(C)NC1CCN(CC2(C)CCOCC2)C1=O. The fourth-order valence-electron chi connectivity index (χ4n) is 2.94. The second kappa shape index (κ2) is 5.57. The maximum Gasteiger partial charge on any atom is 0.239 e. The van der Waals surface area contributed by atoms with Crippen molar-refractivity contribution in [1.82, 2.24) is 10.2 Å². The molecule has 0 spiro atoms. The molecule has 0 saturated carbocycles. The fraction of sp³-hybridized carbons (Fsp3) is 0.929. The summed E-state index contributed by atoms with van der Waals surface area (Å²) >= 11 is 0. The summed E-state index contributed by atoms with van der Waals surface area (Å²) in [6.07, 6.45) is 3.09. The molecule has 0 bridgehead atoms. The average molecular weight is 254 g/mol. The molecular formula is C14H26N2O2. The van der Waals surface area contributed by atoms with Crippen molar-refractivity contribution in [3.8, 4) is 0 Å². The topological polar surface area (TPSA) is 41.6 Å². The number of rotatable bonds is 4. The zero-order chi connectivity index (χ0) is 13.2. The van der Waals surface area contributed by atoms with Crippen molar-refractivity contribution in [2.75, 3.05) is 26.3 Å². The van der Waals surface area contributed by atoms with Crippen molar-refractivity contribution in [1.29, 1.82) is 0 Å². The number of hydrogen-bond donors (Lipinski definition) is 1. The summed E-state index contributed by atoms with van der Waals surface area (Å²) in [4.78, 5) is 14.3. The second-order valence-corrected chi connectivity index (χ2v) is 6.35. The van der Waals surface area contributed by atoms with E-state index in [1.807, 2.05) is 4.90 Å². The Hall–Kier alpha value is -0.610. The minimum absolute atomic E-state index is 0.0356. The highest BCUT2D eigenvalue weighted by atomic mass is 16.5. The van der Waals surface area contributed by atoms with Gasteiger partial charge in [0.1, 0.15) is 0 Å². The lowest BCUT2D eigenvalue weighted by Gasteiger charge is -2.37. The van der Waals surface area contributed by atoms with Crippen LogP contribution in [-0.2, 0) is 9.53 Å². The van der Waals surface area contributed by atoms with Crippen LogP contribution in [0.25, 0.3) is 0 Å². The molecule has 2 saturated heterocycles. The van der Waals surface area contributed by atoms with Crippen LogP contribution in [0.4, 0.5) is 0 Å². The van der Waals surface area contributed by atoms with Gasteiger partial charge in [0.2, 0.25) is 5.91 Å². The van der Waals surface area contributed by atoms with Crippen LogP contribution in [0.1, 0.15) is 40.0 Å². The highest BCUT2D eigenvalue weighted by Gasteiger charge is 2.37. The first-order chi connectivity index (χ1) is 8.50. The molecule has 2 aliphatic rings. The van der Waals surface area contributed by atoms with Gasteiger partial charge in [-0.2, -0.15) is 0 Å². The van der Waals surface area contributed by atoms with E-state index in [1.54, 1.807) is 0 Å². The summed E-state index contributed by atoms with van der Waals surface area (Å²) in [5.74, 6) is 0.288. The Balaban J connectivity index is 1.89. The summed E-state index contributed by atoms with van der Waals surface area (Å²) in [7, 11) is 0. The van der Waals surface area contributed by atoms with Gasteiger partial charge in [0.25, 0.3) is 0 Å². The molecule has 2 aliphatic heterocycles. The lowest BCUT2D eigenvalue weighted by molar-refractivity contribution is -0.131. The quantitative estimate of drug-likeness (QED) is 0.824. The van der Waals surface area contributed by atoms with Gasteiger partial charge in [0, 0.05) is 32.3 Å². The van der Waals surface area contributed by atoms with Gasteiger partial charge in [-0.1, -0.05) is 20.8 Å². The van der Waals surface area contributed by atoms with Crippen LogP contribution in [0.2, 0.25) is 0 Å². The minimum Gasteiger partial charge on any atom is -0.381 e. The smallest absolute Gasteiger partial charge is 0.239 e. The third-order valence-electron chi connectivity index (χ3n) is 4.10. The maximum atomic E-state index is 12.3. The summed E-state index contributed by atoms with van der Waals surface area (Å²) in [5.41, 5.74) is 0.251. The van der Waals surface area contributed by atoms with Gasteiger partial charge in [0.15, 0.2) is 0 Å². The highest BCUT2D eigenvalue weighted by Crippen LogP contribution is 2.32. The van der Waals surface area contributed by atoms with Crippen molar-refractivity contribution < 1.29 is 9.53 Å². The number of likely N-dealkylation sites (tertiary alicyclic amines) is 1. The Labute approximate surface area is 110 Å². The third-order valence-corrected chi connectivity index (χ3v) is 4.10. The molecule has 1 atom stereocenters. The lowest BCUT2D eigenvalue weighted by atomic mass is 9.82. The Bertz CT molecular complexity index is 298. The van der Waals surface area contributed by atoms with E-state index in [9.17, 15) is 4.79 Å². The van der Waals surface area contributed by atoms with Gasteiger partial charge in [-0.25, -0.2) is 0 Å². The predicted octanol–water partition coefficient (Wildman–Crippen LogP) is 1.40. The zero-order valence-corrected chi connectivity index (χ0v) is 11.9. The molecule has 0 aliphatic carbocycles. The minimum atomic E-state index is 0.0356. The molecule has 1 unspecified atom stereocenters. The first kappa shape index (κ1) is 13.8. The summed E-state index contributed by atoms with van der Waals surface area (Å²) in [6, 6.07) is 0.408. The van der Waals surface area contributed by atoms with Crippen molar-refractivity contribution >= 4 is 5.91 Å². The van der Waals surface area contributed by atoms with E-state index in [0.717, 1.165) is 45.6 Å². The second-order valence-electron chi connectivity index (χ2n) is 6.35. The van der Waals surface area contributed by atoms with Crippen molar-refractivity contribution in [3.63, 3.8) is 0 Å². The van der Waals surface area contributed by atoms with E-state index in [1.165, 1.54) is 0 Å². The standard InChI is InChI=1S/C14H26N2O2/c1-11(2)15-12-4-7-16(13(12)17)10-14(3)5-8-18-9-6-14/h11-12,15H,4-10H2,1-3H3. The molecular weight excluding hydrogens is 228 g/mol. The molecule has 4 nitrogen and oxygen atoms in total. The number of carbonyl (C=O) groups excluding carboxylic acids is 1. The van der Waals surface area contributed by atoms with E-state index < -0.39 is 0 Å². The van der Waals surface area contributed by atoms with E-state index in [2.05, 4.69) is 26.1 Å². The van der Waals surface area contributed by atoms with E-state index in [-0.39, 0.29) is 17.4 Å². The molecule has 18 heavy (non-hydrogen) atoms. The fourth-order valence-corrected chi connectivity index (χ4v) is 2.94. The summed E-state index contributed by atoms with van der Waals surface area (Å²) < 4.78 is 5.41.